The van der Waals surface area contributed by atoms with Crippen LogP contribution >= 0.6 is 15.9 Å². The molecule has 3 nitrogen and oxygen atoms in total. The van der Waals surface area contributed by atoms with E-state index in [0.29, 0.717) is 10.3 Å². The van der Waals surface area contributed by atoms with Crippen molar-refractivity contribution in [3.63, 3.8) is 0 Å². The standard InChI is InChI=1S/C7H7BrN2O/c1-5(11)10-6-2-3-7(8)9-4-6/h2-4H,1H3,(H,10,11)/i1D3. The third-order valence-corrected chi connectivity index (χ3v) is 1.45. The van der Waals surface area contributed by atoms with Crippen molar-refractivity contribution in [2.75, 3.05) is 5.32 Å². The lowest BCUT2D eigenvalue weighted by Gasteiger charge is -1.99. The van der Waals surface area contributed by atoms with E-state index in [9.17, 15) is 4.79 Å². The Morgan fingerprint density at radius 1 is 1.82 bits per heavy atom. The number of hydrogen-bond donors (Lipinski definition) is 1. The summed E-state index contributed by atoms with van der Waals surface area (Å²) < 4.78 is 21.1. The molecule has 4 heteroatoms. The van der Waals surface area contributed by atoms with Crippen LogP contribution in [0.3, 0.4) is 0 Å². The van der Waals surface area contributed by atoms with Gasteiger partial charge in [-0.05, 0) is 28.1 Å². The second-order valence-electron chi connectivity index (χ2n) is 1.82. The molecule has 0 aromatic carbocycles. The molecular weight excluding hydrogens is 208 g/mol. The summed E-state index contributed by atoms with van der Waals surface area (Å²) in [4.78, 5) is 14.8. The minimum atomic E-state index is -2.63. The summed E-state index contributed by atoms with van der Waals surface area (Å²) in [6.07, 6.45) is 1.37. The smallest absolute Gasteiger partial charge is 0.221 e. The van der Waals surface area contributed by atoms with E-state index in [4.69, 9.17) is 4.11 Å². The van der Waals surface area contributed by atoms with Crippen LogP contribution in [0.1, 0.15) is 11.0 Å². The number of carbonyl (C=O) groups is 1. The number of pyridine rings is 1. The zero-order chi connectivity index (χ0) is 10.8. The van der Waals surface area contributed by atoms with Crippen LogP contribution in [0.25, 0.3) is 0 Å². The number of nitrogens with one attached hydrogen (secondary N) is 1. The molecule has 1 aromatic heterocycles. The van der Waals surface area contributed by atoms with E-state index < -0.39 is 12.8 Å². The van der Waals surface area contributed by atoms with Gasteiger partial charge < -0.3 is 5.32 Å². The molecule has 1 aromatic rings. The van der Waals surface area contributed by atoms with Crippen molar-refractivity contribution in [2.45, 2.75) is 6.85 Å². The monoisotopic (exact) mass is 217 g/mol. The van der Waals surface area contributed by atoms with Crippen molar-refractivity contribution in [1.29, 1.82) is 0 Å². The SMILES string of the molecule is [2H]C([2H])([2H])C(=O)Nc1ccc(Br)nc1. The van der Waals surface area contributed by atoms with Gasteiger partial charge in [-0.25, -0.2) is 4.98 Å². The molecule has 1 heterocycles. The Kier molecular flexibility index (Phi) is 1.54. The molecule has 1 N–H and O–H groups in total. The van der Waals surface area contributed by atoms with Crippen molar-refractivity contribution in [3.8, 4) is 0 Å². The fourth-order valence-corrected chi connectivity index (χ4v) is 0.815. The Bertz CT molecular complexity index is 336. The van der Waals surface area contributed by atoms with E-state index >= 15 is 0 Å². The summed E-state index contributed by atoms with van der Waals surface area (Å²) in [6, 6.07) is 3.16. The molecule has 0 fully saturated rings. The Balaban J connectivity index is 2.71. The fraction of sp³-hybridized carbons (Fsp3) is 0.143. The van der Waals surface area contributed by atoms with Crippen LogP contribution in [-0.2, 0) is 4.79 Å². The zero-order valence-electron chi connectivity index (χ0n) is 8.47. The Labute approximate surface area is 77.2 Å². The number of rotatable bonds is 1. The molecule has 0 aliphatic rings. The first-order valence-corrected chi connectivity index (χ1v) is 3.62. The molecule has 1 rings (SSSR count). The van der Waals surface area contributed by atoms with Gasteiger partial charge in [0.1, 0.15) is 4.60 Å². The molecule has 0 radical (unpaired) electrons. The number of nitrogens with zero attached hydrogens (tertiary/aromatic N) is 1. The van der Waals surface area contributed by atoms with Crippen LogP contribution in [0, 0.1) is 0 Å². The van der Waals surface area contributed by atoms with Crippen LogP contribution in [0.4, 0.5) is 5.69 Å². The topological polar surface area (TPSA) is 42.0 Å². The fourth-order valence-electron chi connectivity index (χ4n) is 0.581. The number of anilines is 1. The quantitative estimate of drug-likeness (QED) is 0.730. The lowest BCUT2D eigenvalue weighted by molar-refractivity contribution is -0.114. The highest BCUT2D eigenvalue weighted by atomic mass is 79.9. The van der Waals surface area contributed by atoms with E-state index in [-0.39, 0.29) is 0 Å². The average molecular weight is 218 g/mol. The van der Waals surface area contributed by atoms with Crippen LogP contribution in [-0.4, -0.2) is 10.9 Å². The minimum absolute atomic E-state index is 0.356. The highest BCUT2D eigenvalue weighted by molar-refractivity contribution is 9.10. The second-order valence-corrected chi connectivity index (χ2v) is 2.64. The van der Waals surface area contributed by atoms with Crippen molar-refractivity contribution < 1.29 is 8.91 Å². The molecule has 58 valence electrons. The van der Waals surface area contributed by atoms with Gasteiger partial charge in [-0.3, -0.25) is 4.79 Å². The molecule has 0 aliphatic carbocycles. The largest absolute Gasteiger partial charge is 0.325 e. The second kappa shape index (κ2) is 3.48. The summed E-state index contributed by atoms with van der Waals surface area (Å²) in [6.45, 7) is -2.63. The van der Waals surface area contributed by atoms with Crippen LogP contribution in [0.15, 0.2) is 22.9 Å². The van der Waals surface area contributed by atoms with Crippen LogP contribution in [0.5, 0.6) is 0 Å². The summed E-state index contributed by atoms with van der Waals surface area (Å²) in [5.74, 6) is -1.01. The summed E-state index contributed by atoms with van der Waals surface area (Å²) in [7, 11) is 0. The van der Waals surface area contributed by atoms with Crippen LogP contribution < -0.4 is 5.32 Å². The first kappa shape index (κ1) is 4.87. The maximum absolute atomic E-state index is 11.0. The van der Waals surface area contributed by atoms with Crippen molar-refractivity contribution in [1.82, 2.24) is 4.98 Å². The minimum Gasteiger partial charge on any atom is -0.325 e. The third kappa shape index (κ3) is 2.67. The molecule has 0 atom stereocenters. The van der Waals surface area contributed by atoms with Crippen molar-refractivity contribution >= 4 is 27.5 Å². The van der Waals surface area contributed by atoms with Gasteiger partial charge in [0, 0.05) is 11.0 Å². The molecule has 1 amide bonds. The van der Waals surface area contributed by atoms with Gasteiger partial charge in [-0.1, -0.05) is 0 Å². The molecule has 11 heavy (non-hydrogen) atoms. The van der Waals surface area contributed by atoms with E-state index in [1.54, 1.807) is 12.1 Å². The van der Waals surface area contributed by atoms with Crippen molar-refractivity contribution in [3.05, 3.63) is 22.9 Å². The molecule has 0 aliphatic heterocycles. The number of amides is 1. The number of hydrogen-bond acceptors (Lipinski definition) is 2. The first-order chi connectivity index (χ1) is 6.39. The molecule has 0 bridgehead atoms. The normalized spacial score (nSPS) is 14.5. The van der Waals surface area contributed by atoms with E-state index in [0.717, 1.165) is 0 Å². The maximum Gasteiger partial charge on any atom is 0.221 e. The summed E-state index contributed by atoms with van der Waals surface area (Å²) in [5, 5.41) is 2.22. The van der Waals surface area contributed by atoms with Gasteiger partial charge in [0.05, 0.1) is 11.9 Å². The van der Waals surface area contributed by atoms with E-state index in [1.165, 1.54) is 6.20 Å². The van der Waals surface area contributed by atoms with Gasteiger partial charge in [0.25, 0.3) is 0 Å². The lowest BCUT2D eigenvalue weighted by Crippen LogP contribution is -2.05. The number of halogens is 1. The number of carbonyl (C=O) groups excluding carboxylic acids is 1. The van der Waals surface area contributed by atoms with Gasteiger partial charge in [-0.15, -0.1) is 0 Å². The Morgan fingerprint density at radius 3 is 3.18 bits per heavy atom. The predicted molar refractivity (Wildman–Crippen MR) is 46.2 cm³/mol. The zero-order valence-corrected chi connectivity index (χ0v) is 7.05. The van der Waals surface area contributed by atoms with E-state index in [1.807, 2.05) is 0 Å². The van der Waals surface area contributed by atoms with Gasteiger partial charge >= 0.3 is 0 Å². The summed E-state index contributed by atoms with van der Waals surface area (Å²) in [5.41, 5.74) is 0.356. The highest BCUT2D eigenvalue weighted by Gasteiger charge is 1.93. The average Bonchev–Trinajstić information content (AvgIpc) is 2.07. The van der Waals surface area contributed by atoms with Crippen molar-refractivity contribution in [2.24, 2.45) is 0 Å². The van der Waals surface area contributed by atoms with Gasteiger partial charge in [0.15, 0.2) is 0 Å². The molecule has 0 saturated heterocycles. The summed E-state index contributed by atoms with van der Waals surface area (Å²) >= 11 is 3.12. The van der Waals surface area contributed by atoms with Gasteiger partial charge in [-0.2, -0.15) is 0 Å². The maximum atomic E-state index is 11.0. The Morgan fingerprint density at radius 2 is 2.64 bits per heavy atom. The third-order valence-electron chi connectivity index (χ3n) is 0.985. The first-order valence-electron chi connectivity index (χ1n) is 4.32. The van der Waals surface area contributed by atoms with E-state index in [2.05, 4.69) is 26.2 Å². The number of aromatic nitrogens is 1. The lowest BCUT2D eigenvalue weighted by atomic mass is 10.4. The highest BCUT2D eigenvalue weighted by Crippen LogP contribution is 2.09. The van der Waals surface area contributed by atoms with Crippen LogP contribution in [0.2, 0.25) is 0 Å². The van der Waals surface area contributed by atoms with Gasteiger partial charge in [0.2, 0.25) is 5.91 Å². The predicted octanol–water partition coefficient (Wildman–Crippen LogP) is 1.80. The molecule has 0 spiro atoms. The molecule has 0 unspecified atom stereocenters. The Hall–Kier alpha value is -0.900. The molecular formula is C7H7BrN2O. The molecule has 0 saturated carbocycles.